The highest BCUT2D eigenvalue weighted by Gasteiger charge is 2.26. The monoisotopic (exact) mass is 1060 g/mol. The normalized spacial score (nSPS) is 13.5. The SMILES string of the molecule is CCCCCCN1c2ccc(Br)cc2Sc2cc(/C=C(\C#N)c3cc(OCC(CC)CCCC)c(/C(C#N)=C/c4ccc5c(c4)Sc4cc(Br)ccc4N5CCCCCC)cc3OC)ccc21. The van der Waals surface area contributed by atoms with Crippen molar-refractivity contribution in [3.05, 3.63) is 116 Å². The van der Waals surface area contributed by atoms with Crippen LogP contribution in [0.15, 0.2) is 113 Å². The molecule has 67 heavy (non-hydrogen) atoms. The fourth-order valence-electron chi connectivity index (χ4n) is 8.86. The Morgan fingerprint density at radius 2 is 1.03 bits per heavy atom. The van der Waals surface area contributed by atoms with Crippen LogP contribution in [0.1, 0.15) is 127 Å². The molecule has 0 saturated heterocycles. The first kappa shape index (κ1) is 50.3. The van der Waals surface area contributed by atoms with Crippen molar-refractivity contribution in [2.45, 2.75) is 124 Å². The van der Waals surface area contributed by atoms with Crippen LogP contribution in [-0.2, 0) is 0 Å². The van der Waals surface area contributed by atoms with Gasteiger partial charge in [-0.05, 0) is 121 Å². The van der Waals surface area contributed by atoms with Crippen molar-refractivity contribution in [2.75, 3.05) is 36.6 Å². The molecule has 0 N–H and O–H groups in total. The summed E-state index contributed by atoms with van der Waals surface area (Å²) >= 11 is 10.9. The van der Waals surface area contributed by atoms with Crippen molar-refractivity contribution in [1.82, 2.24) is 0 Å². The number of methoxy groups -OCH3 is 1. The van der Waals surface area contributed by atoms with Crippen molar-refractivity contribution < 1.29 is 9.47 Å². The lowest BCUT2D eigenvalue weighted by molar-refractivity contribution is 0.232. The molecule has 0 amide bonds. The van der Waals surface area contributed by atoms with Crippen molar-refractivity contribution in [3.8, 4) is 23.6 Å². The topological polar surface area (TPSA) is 72.5 Å². The molecule has 0 spiro atoms. The van der Waals surface area contributed by atoms with Gasteiger partial charge in [-0.3, -0.25) is 0 Å². The van der Waals surface area contributed by atoms with Gasteiger partial charge in [0.15, 0.2) is 0 Å². The molecule has 1 unspecified atom stereocenters. The molecule has 0 fully saturated rings. The average Bonchev–Trinajstić information content (AvgIpc) is 3.34. The van der Waals surface area contributed by atoms with Crippen molar-refractivity contribution in [2.24, 2.45) is 5.92 Å². The average molecular weight is 1060 g/mol. The lowest BCUT2D eigenvalue weighted by atomic mass is 9.96. The second-order valence-corrected chi connectivity index (χ2v) is 21.4. The van der Waals surface area contributed by atoms with E-state index < -0.39 is 0 Å². The zero-order valence-electron chi connectivity index (χ0n) is 39.6. The maximum Gasteiger partial charge on any atom is 0.128 e. The smallest absolute Gasteiger partial charge is 0.128 e. The third kappa shape index (κ3) is 12.4. The lowest BCUT2D eigenvalue weighted by Gasteiger charge is -2.33. The minimum Gasteiger partial charge on any atom is -0.496 e. The highest BCUT2D eigenvalue weighted by molar-refractivity contribution is 9.10. The number of hydrogen-bond donors (Lipinski definition) is 0. The molecule has 1 atom stereocenters. The Balaban J connectivity index is 1.26. The summed E-state index contributed by atoms with van der Waals surface area (Å²) in [7, 11) is 1.62. The molecular weight excluding hydrogens is 997 g/mol. The van der Waals surface area contributed by atoms with E-state index in [0.29, 0.717) is 46.3 Å². The summed E-state index contributed by atoms with van der Waals surface area (Å²) < 4.78 is 15.0. The fraction of sp³-hybridized carbons (Fsp3) is 0.368. The molecule has 0 aliphatic carbocycles. The van der Waals surface area contributed by atoms with E-state index in [9.17, 15) is 10.5 Å². The van der Waals surface area contributed by atoms with Gasteiger partial charge in [-0.25, -0.2) is 0 Å². The first-order chi connectivity index (χ1) is 32.7. The Kier molecular flexibility index (Phi) is 18.5. The number of fused-ring (bicyclic) bond motifs is 4. The first-order valence-corrected chi connectivity index (χ1v) is 27.3. The number of hydrogen-bond acceptors (Lipinski definition) is 8. The van der Waals surface area contributed by atoms with E-state index >= 15 is 0 Å². The predicted octanol–water partition coefficient (Wildman–Crippen LogP) is 18.3. The molecule has 0 aromatic heterocycles. The maximum absolute atomic E-state index is 10.9. The third-order valence-electron chi connectivity index (χ3n) is 12.6. The van der Waals surface area contributed by atoms with Crippen LogP contribution in [0.25, 0.3) is 23.3 Å². The summed E-state index contributed by atoms with van der Waals surface area (Å²) in [5, 5.41) is 21.8. The van der Waals surface area contributed by atoms with Crippen LogP contribution >= 0.6 is 55.4 Å². The second kappa shape index (κ2) is 24.6. The molecule has 2 aliphatic heterocycles. The summed E-state index contributed by atoms with van der Waals surface area (Å²) in [6, 6.07) is 34.9. The Hall–Kier alpha value is -4.58. The van der Waals surface area contributed by atoms with Crippen LogP contribution in [-0.4, -0.2) is 26.8 Å². The van der Waals surface area contributed by atoms with E-state index in [1.54, 1.807) is 30.6 Å². The number of anilines is 4. The zero-order valence-corrected chi connectivity index (χ0v) is 44.4. The first-order valence-electron chi connectivity index (χ1n) is 24.1. The lowest BCUT2D eigenvalue weighted by Crippen LogP contribution is -2.22. The summed E-state index contributed by atoms with van der Waals surface area (Å²) in [5.74, 6) is 1.42. The molecule has 2 heterocycles. The van der Waals surface area contributed by atoms with Gasteiger partial charge >= 0.3 is 0 Å². The van der Waals surface area contributed by atoms with Crippen LogP contribution in [0.4, 0.5) is 22.7 Å². The van der Waals surface area contributed by atoms with Gasteiger partial charge in [-0.1, -0.05) is 153 Å². The molecule has 10 heteroatoms. The molecule has 0 bridgehead atoms. The molecule has 348 valence electrons. The third-order valence-corrected chi connectivity index (χ3v) is 15.8. The van der Waals surface area contributed by atoms with Crippen LogP contribution in [0.2, 0.25) is 0 Å². The molecule has 5 aromatic carbocycles. The molecule has 2 aliphatic rings. The maximum atomic E-state index is 10.9. The van der Waals surface area contributed by atoms with E-state index in [1.165, 1.54) is 71.1 Å². The number of nitriles is 2. The predicted molar refractivity (Wildman–Crippen MR) is 290 cm³/mol. The summed E-state index contributed by atoms with van der Waals surface area (Å²) in [6.45, 7) is 11.3. The molecule has 0 saturated carbocycles. The van der Waals surface area contributed by atoms with Gasteiger partial charge < -0.3 is 19.3 Å². The number of benzene rings is 5. The van der Waals surface area contributed by atoms with Gasteiger partial charge in [0.2, 0.25) is 0 Å². The second-order valence-electron chi connectivity index (χ2n) is 17.4. The van der Waals surface area contributed by atoms with Gasteiger partial charge in [0.1, 0.15) is 11.5 Å². The number of rotatable bonds is 22. The highest BCUT2D eigenvalue weighted by Crippen LogP contribution is 2.51. The van der Waals surface area contributed by atoms with Gasteiger partial charge in [0.25, 0.3) is 0 Å². The van der Waals surface area contributed by atoms with Crippen molar-refractivity contribution in [1.29, 1.82) is 10.5 Å². The van der Waals surface area contributed by atoms with Gasteiger partial charge in [-0.2, -0.15) is 10.5 Å². The van der Waals surface area contributed by atoms with Gasteiger partial charge in [0.05, 0.1) is 59.8 Å². The van der Waals surface area contributed by atoms with Crippen molar-refractivity contribution in [3.63, 3.8) is 0 Å². The molecule has 0 radical (unpaired) electrons. The largest absolute Gasteiger partial charge is 0.496 e. The summed E-state index contributed by atoms with van der Waals surface area (Å²) in [5.41, 5.74) is 8.84. The number of halogens is 2. The quantitative estimate of drug-likeness (QED) is 0.0386. The Labute approximate surface area is 425 Å². The van der Waals surface area contributed by atoms with Gasteiger partial charge in [-0.15, -0.1) is 0 Å². The van der Waals surface area contributed by atoms with Crippen molar-refractivity contribution >= 4 is 101 Å². The van der Waals surface area contributed by atoms with E-state index in [2.05, 4.69) is 154 Å². The standard InChI is InChI=1S/C57H62Br2N4O2S2/c1-6-10-13-15-26-62-48-22-18-40(30-54(48)66-56-32-44(58)20-24-50(56)62)28-42(36-60)46-35-53(65-38-39(9-4)17-12-8-3)47(34-52(46)64-5)43(37-61)29-41-19-23-49-55(31-41)67-57-33-45(59)21-25-51(57)63(49)27-16-14-11-7-2/h18-25,28-35,39H,6-17,26-27,38H2,1-5H3/b42-28+,43-29+. The van der Waals surface area contributed by atoms with Gasteiger partial charge in [0, 0.05) is 52.7 Å². The molecule has 6 nitrogen and oxygen atoms in total. The number of allylic oxidation sites excluding steroid dienone is 2. The minimum absolute atomic E-state index is 0.356. The van der Waals surface area contributed by atoms with Crippen LogP contribution in [0.3, 0.4) is 0 Å². The number of ether oxygens (including phenoxy) is 2. The molecule has 5 aromatic rings. The fourth-order valence-corrected chi connectivity index (χ4v) is 12.2. The Bertz CT molecular complexity index is 2680. The van der Waals surface area contributed by atoms with E-state index in [-0.39, 0.29) is 0 Å². The summed E-state index contributed by atoms with van der Waals surface area (Å²) in [6.07, 6.45) is 17.7. The summed E-state index contributed by atoms with van der Waals surface area (Å²) in [4.78, 5) is 9.61. The Morgan fingerprint density at radius 1 is 0.582 bits per heavy atom. The van der Waals surface area contributed by atoms with E-state index in [0.717, 1.165) is 81.5 Å². The molecule has 7 rings (SSSR count). The van der Waals surface area contributed by atoms with Crippen LogP contribution in [0, 0.1) is 28.6 Å². The highest BCUT2D eigenvalue weighted by atomic mass is 79.9. The van der Waals surface area contributed by atoms with E-state index in [4.69, 9.17) is 9.47 Å². The zero-order chi connectivity index (χ0) is 47.3. The minimum atomic E-state index is 0.356. The van der Waals surface area contributed by atoms with E-state index in [1.807, 2.05) is 24.3 Å². The van der Waals surface area contributed by atoms with Crippen LogP contribution in [0.5, 0.6) is 11.5 Å². The Morgan fingerprint density at radius 3 is 1.48 bits per heavy atom. The van der Waals surface area contributed by atoms with Crippen LogP contribution < -0.4 is 19.3 Å². The molecular formula is C57H62Br2N4O2S2. The number of unbranched alkanes of at least 4 members (excludes halogenated alkanes) is 7. The number of nitrogens with zero attached hydrogens (tertiary/aromatic N) is 4.